The molecule has 2 aromatic carbocycles. The van der Waals surface area contributed by atoms with Crippen molar-refractivity contribution >= 4 is 27.3 Å². The van der Waals surface area contributed by atoms with E-state index in [4.69, 9.17) is 0 Å². The molecule has 0 aliphatic carbocycles. The number of likely N-dealkylation sites (N-methyl/N-ethyl adjacent to an activating group) is 1. The number of sulfonamides is 1. The number of anilines is 2. The van der Waals surface area contributed by atoms with Gasteiger partial charge in [-0.25, -0.2) is 8.42 Å². The number of carbonyl (C=O) groups excluding carboxylic acids is 1. The molecule has 0 aromatic heterocycles. The van der Waals surface area contributed by atoms with Crippen LogP contribution in [-0.4, -0.2) is 40.2 Å². The molecule has 1 amide bonds. The Balaban J connectivity index is 2.07. The lowest BCUT2D eigenvalue weighted by molar-refractivity contribution is 0.0955. The highest BCUT2D eigenvalue weighted by Crippen LogP contribution is 2.20. The highest BCUT2D eigenvalue weighted by Gasteiger charge is 2.15. The van der Waals surface area contributed by atoms with Gasteiger partial charge in [-0.3, -0.25) is 9.52 Å². The molecule has 0 bridgehead atoms. The number of rotatable bonds is 8. The van der Waals surface area contributed by atoms with Crippen LogP contribution in [0.1, 0.15) is 28.4 Å². The van der Waals surface area contributed by atoms with Gasteiger partial charge in [-0.05, 0) is 44.5 Å². The topological polar surface area (TPSA) is 78.5 Å². The van der Waals surface area contributed by atoms with E-state index in [0.29, 0.717) is 18.7 Å². The smallest absolute Gasteiger partial charge is 0.253 e. The molecule has 6 nitrogen and oxygen atoms in total. The van der Waals surface area contributed by atoms with Crippen molar-refractivity contribution in [3.8, 4) is 0 Å². The van der Waals surface area contributed by atoms with E-state index >= 15 is 0 Å². The zero-order valence-corrected chi connectivity index (χ0v) is 17.1. The molecule has 0 heterocycles. The Hall–Kier alpha value is -2.54. The second-order valence-corrected chi connectivity index (χ2v) is 8.29. The molecule has 0 spiro atoms. The number of amides is 1. The lowest BCUT2D eigenvalue weighted by Gasteiger charge is -2.25. The summed E-state index contributed by atoms with van der Waals surface area (Å²) in [7, 11) is -3.46. The molecule has 27 heavy (non-hydrogen) atoms. The molecule has 2 rings (SSSR count). The first kappa shape index (κ1) is 20.8. The van der Waals surface area contributed by atoms with Gasteiger partial charge < -0.3 is 10.2 Å². The zero-order valence-electron chi connectivity index (χ0n) is 16.2. The lowest BCUT2D eigenvalue weighted by atomic mass is 10.1. The third kappa shape index (κ3) is 5.99. The largest absolute Gasteiger partial charge is 0.370 e. The summed E-state index contributed by atoms with van der Waals surface area (Å²) in [6.07, 6.45) is 1.07. The Kier molecular flexibility index (Phi) is 6.85. The van der Waals surface area contributed by atoms with Crippen molar-refractivity contribution in [2.24, 2.45) is 0 Å². The van der Waals surface area contributed by atoms with Crippen LogP contribution in [-0.2, 0) is 10.0 Å². The fraction of sp³-hybridized carbons (Fsp3) is 0.350. The van der Waals surface area contributed by atoms with Gasteiger partial charge in [0, 0.05) is 25.3 Å². The summed E-state index contributed by atoms with van der Waals surface area (Å²) in [4.78, 5) is 14.8. The van der Waals surface area contributed by atoms with Crippen molar-refractivity contribution in [2.45, 2.75) is 20.8 Å². The Morgan fingerprint density at radius 2 is 1.81 bits per heavy atom. The number of nitrogens with zero attached hydrogens (tertiary/aromatic N) is 1. The van der Waals surface area contributed by atoms with E-state index in [2.05, 4.69) is 40.9 Å². The Labute approximate surface area is 161 Å². The van der Waals surface area contributed by atoms with Crippen LogP contribution >= 0.6 is 0 Å². The number of benzene rings is 2. The number of hydrogen-bond donors (Lipinski definition) is 2. The first-order valence-corrected chi connectivity index (χ1v) is 10.8. The number of carbonyl (C=O) groups is 1. The minimum Gasteiger partial charge on any atom is -0.370 e. The van der Waals surface area contributed by atoms with Crippen molar-refractivity contribution in [1.82, 2.24) is 5.32 Å². The lowest BCUT2D eigenvalue weighted by Crippen LogP contribution is -2.35. The molecular formula is C20H27N3O3S. The van der Waals surface area contributed by atoms with Crippen LogP contribution in [0.5, 0.6) is 0 Å². The molecule has 0 aliphatic rings. The Morgan fingerprint density at radius 1 is 1.11 bits per heavy atom. The van der Waals surface area contributed by atoms with E-state index < -0.39 is 10.0 Å². The van der Waals surface area contributed by atoms with E-state index in [0.717, 1.165) is 24.1 Å². The number of nitrogens with one attached hydrogen (secondary N) is 2. The van der Waals surface area contributed by atoms with E-state index in [1.165, 1.54) is 5.56 Å². The number of para-hydroxylation sites is 1. The normalized spacial score (nSPS) is 11.1. The van der Waals surface area contributed by atoms with Gasteiger partial charge in [-0.1, -0.05) is 29.8 Å². The van der Waals surface area contributed by atoms with Gasteiger partial charge in [0.15, 0.2) is 0 Å². The summed E-state index contributed by atoms with van der Waals surface area (Å²) in [5, 5.41) is 2.89. The Bertz CT molecular complexity index is 910. The summed E-state index contributed by atoms with van der Waals surface area (Å²) < 4.78 is 25.5. The van der Waals surface area contributed by atoms with Gasteiger partial charge in [0.25, 0.3) is 5.91 Å². The second-order valence-electron chi connectivity index (χ2n) is 6.55. The van der Waals surface area contributed by atoms with Crippen molar-refractivity contribution in [3.63, 3.8) is 0 Å². The summed E-state index contributed by atoms with van der Waals surface area (Å²) in [6.45, 7) is 7.93. The third-order valence-corrected chi connectivity index (χ3v) is 4.81. The Morgan fingerprint density at radius 3 is 2.44 bits per heavy atom. The minimum atomic E-state index is -3.46. The predicted molar refractivity (Wildman–Crippen MR) is 111 cm³/mol. The van der Waals surface area contributed by atoms with Gasteiger partial charge in [0.05, 0.1) is 17.5 Å². The van der Waals surface area contributed by atoms with Crippen molar-refractivity contribution in [3.05, 3.63) is 59.2 Å². The third-order valence-electron chi connectivity index (χ3n) is 4.22. The standard InChI is InChI=1S/C20H27N3O3S/c1-5-23(19-9-7-6-8-16(19)3)13-12-21-20(24)17-14-15(2)10-11-18(17)22-27(4,25)26/h6-11,14,22H,5,12-13H2,1-4H3,(H,21,24). The van der Waals surface area contributed by atoms with Crippen LogP contribution in [0.3, 0.4) is 0 Å². The van der Waals surface area contributed by atoms with Gasteiger partial charge >= 0.3 is 0 Å². The molecule has 2 aromatic rings. The maximum atomic E-state index is 12.6. The highest BCUT2D eigenvalue weighted by atomic mass is 32.2. The molecule has 2 N–H and O–H groups in total. The molecule has 0 saturated heterocycles. The number of aryl methyl sites for hydroxylation is 2. The van der Waals surface area contributed by atoms with Gasteiger partial charge in [-0.2, -0.15) is 0 Å². The fourth-order valence-corrected chi connectivity index (χ4v) is 3.48. The van der Waals surface area contributed by atoms with Crippen molar-refractivity contribution in [2.75, 3.05) is 35.5 Å². The SMILES string of the molecule is CCN(CCNC(=O)c1cc(C)ccc1NS(C)(=O)=O)c1ccccc1C. The summed E-state index contributed by atoms with van der Waals surface area (Å²) in [5.74, 6) is -0.300. The molecule has 146 valence electrons. The molecule has 7 heteroatoms. The van der Waals surface area contributed by atoms with E-state index in [1.54, 1.807) is 18.2 Å². The van der Waals surface area contributed by atoms with Crippen LogP contribution in [0, 0.1) is 13.8 Å². The summed E-state index contributed by atoms with van der Waals surface area (Å²) >= 11 is 0. The van der Waals surface area contributed by atoms with Crippen LogP contribution in [0.15, 0.2) is 42.5 Å². The second kappa shape index (κ2) is 8.90. The van der Waals surface area contributed by atoms with E-state index in [9.17, 15) is 13.2 Å². The monoisotopic (exact) mass is 389 g/mol. The van der Waals surface area contributed by atoms with Crippen LogP contribution < -0.4 is 14.9 Å². The van der Waals surface area contributed by atoms with Crippen molar-refractivity contribution < 1.29 is 13.2 Å². The first-order valence-electron chi connectivity index (χ1n) is 8.88. The summed E-state index contributed by atoms with van der Waals surface area (Å²) in [5.41, 5.74) is 3.81. The van der Waals surface area contributed by atoms with Crippen LogP contribution in [0.4, 0.5) is 11.4 Å². The highest BCUT2D eigenvalue weighted by molar-refractivity contribution is 7.92. The molecule has 0 unspecified atom stereocenters. The molecule has 0 atom stereocenters. The predicted octanol–water partition coefficient (Wildman–Crippen LogP) is 2.93. The van der Waals surface area contributed by atoms with Crippen LogP contribution in [0.25, 0.3) is 0 Å². The zero-order chi connectivity index (χ0) is 20.0. The average Bonchev–Trinajstić information content (AvgIpc) is 2.60. The van der Waals surface area contributed by atoms with E-state index in [-0.39, 0.29) is 11.6 Å². The van der Waals surface area contributed by atoms with Crippen molar-refractivity contribution in [1.29, 1.82) is 0 Å². The van der Waals surface area contributed by atoms with Gasteiger partial charge in [-0.15, -0.1) is 0 Å². The molecular weight excluding hydrogens is 362 g/mol. The van der Waals surface area contributed by atoms with Gasteiger partial charge in [0.1, 0.15) is 0 Å². The molecule has 0 fully saturated rings. The molecule has 0 saturated carbocycles. The van der Waals surface area contributed by atoms with Crippen LogP contribution in [0.2, 0.25) is 0 Å². The quantitative estimate of drug-likeness (QED) is 0.728. The fourth-order valence-electron chi connectivity index (χ4n) is 2.90. The van der Waals surface area contributed by atoms with Gasteiger partial charge in [0.2, 0.25) is 10.0 Å². The van der Waals surface area contributed by atoms with E-state index in [1.807, 2.05) is 19.1 Å². The average molecular weight is 390 g/mol. The maximum absolute atomic E-state index is 12.6. The minimum absolute atomic E-state index is 0.284. The maximum Gasteiger partial charge on any atom is 0.253 e. The number of hydrogen-bond acceptors (Lipinski definition) is 4. The summed E-state index contributed by atoms with van der Waals surface area (Å²) in [6, 6.07) is 13.2. The molecule has 0 aliphatic heterocycles. The first-order chi connectivity index (χ1) is 12.7. The molecule has 0 radical (unpaired) electrons.